The molecule has 10 rings (SSSR count). The lowest BCUT2D eigenvalue weighted by molar-refractivity contribution is -0.386. The fraction of sp³-hybridized carbons (Fsp3) is 0.490. The summed E-state index contributed by atoms with van der Waals surface area (Å²) in [5, 5.41) is 23.5. The number of piperidine rings is 1. The van der Waals surface area contributed by atoms with Gasteiger partial charge < -0.3 is 33.9 Å². The van der Waals surface area contributed by atoms with Crippen molar-refractivity contribution in [2.24, 2.45) is 11.3 Å². The summed E-state index contributed by atoms with van der Waals surface area (Å²) < 4.78 is 54.5. The molecule has 2 aromatic heterocycles. The smallest absolute Gasteiger partial charge is 0.316 e. The standard InChI is InChI=1S/C51H60N6O10S/c1-32(2)40-6-4-5-7-41(40)44-31-64-21-20-56(44)36-27-51(28-36)15-18-55(19-16-51)35-8-9-42(45(24-35)66-37-23-34-12-17-52-48(34)53-29-37)49(58)54-68(62,63)39-25-43(57(60)61)47-46(26-39)65-30-38(67-47)22-33-10-13-50(3,59)14-11-33/h4-9,12,17,23-26,29,32-33,36,38,44,59H,10-11,13-16,18-22,27-28,30-31H2,1-3H3,(H,52,53)(H,54,58)/t33-,38-,44+,50-/m1/s1. The monoisotopic (exact) mass is 948 g/mol. The third-order valence-electron chi connectivity index (χ3n) is 15.2. The molecular formula is C51H60N6O10S. The first-order chi connectivity index (χ1) is 32.6. The molecule has 3 aliphatic heterocycles. The molecule has 5 aliphatic rings. The number of hydrogen-bond donors (Lipinski definition) is 3. The molecule has 16 nitrogen and oxygen atoms in total. The van der Waals surface area contributed by atoms with Gasteiger partial charge in [-0.2, -0.15) is 0 Å². The summed E-state index contributed by atoms with van der Waals surface area (Å²) in [6.45, 7) is 10.4. The minimum absolute atomic E-state index is 0.0555. The van der Waals surface area contributed by atoms with Gasteiger partial charge in [-0.05, 0) is 117 Å². The maximum atomic E-state index is 14.1. The summed E-state index contributed by atoms with van der Waals surface area (Å²) in [6, 6.07) is 20.3. The van der Waals surface area contributed by atoms with Crippen LogP contribution in [0.1, 0.15) is 112 Å². The Morgan fingerprint density at radius 1 is 1.03 bits per heavy atom. The maximum Gasteiger partial charge on any atom is 0.316 e. The van der Waals surface area contributed by atoms with Gasteiger partial charge in [0.1, 0.15) is 29.9 Å². The number of nitro groups is 1. The van der Waals surface area contributed by atoms with Crippen molar-refractivity contribution in [2.45, 2.75) is 113 Å². The molecule has 0 radical (unpaired) electrons. The predicted octanol–water partition coefficient (Wildman–Crippen LogP) is 8.80. The molecule has 17 heteroatoms. The van der Waals surface area contributed by atoms with Crippen LogP contribution in [0.2, 0.25) is 0 Å². The third kappa shape index (κ3) is 9.37. The van der Waals surface area contributed by atoms with E-state index in [1.54, 1.807) is 30.5 Å². The lowest BCUT2D eigenvalue weighted by Gasteiger charge is -2.57. The topological polar surface area (TPSA) is 199 Å². The number of pyridine rings is 1. The first kappa shape index (κ1) is 46.0. The van der Waals surface area contributed by atoms with Crippen LogP contribution < -0.4 is 23.8 Å². The summed E-state index contributed by atoms with van der Waals surface area (Å²) in [7, 11) is -4.69. The van der Waals surface area contributed by atoms with E-state index < -0.39 is 43.1 Å². The molecule has 0 unspecified atom stereocenters. The van der Waals surface area contributed by atoms with Gasteiger partial charge in [0.15, 0.2) is 5.75 Å². The van der Waals surface area contributed by atoms with Crippen molar-refractivity contribution in [3.05, 3.63) is 106 Å². The number of carbonyl (C=O) groups excluding carboxylic acids is 1. The third-order valence-corrected chi connectivity index (χ3v) is 16.5. The molecule has 3 N–H and O–H groups in total. The number of rotatable bonds is 12. The van der Waals surface area contributed by atoms with Crippen molar-refractivity contribution in [1.29, 1.82) is 0 Å². The highest BCUT2D eigenvalue weighted by atomic mass is 32.2. The average molecular weight is 949 g/mol. The van der Waals surface area contributed by atoms with E-state index in [1.807, 2.05) is 13.0 Å². The molecule has 360 valence electrons. The molecule has 68 heavy (non-hydrogen) atoms. The summed E-state index contributed by atoms with van der Waals surface area (Å²) in [5.74, 6) is -0.103. The van der Waals surface area contributed by atoms with Gasteiger partial charge in [-0.1, -0.05) is 38.1 Å². The molecule has 2 saturated carbocycles. The van der Waals surface area contributed by atoms with Crippen molar-refractivity contribution in [3.8, 4) is 23.0 Å². The summed E-state index contributed by atoms with van der Waals surface area (Å²) >= 11 is 0. The predicted molar refractivity (Wildman–Crippen MR) is 255 cm³/mol. The van der Waals surface area contributed by atoms with Gasteiger partial charge in [0.25, 0.3) is 15.9 Å². The van der Waals surface area contributed by atoms with Crippen molar-refractivity contribution in [2.75, 3.05) is 44.4 Å². The number of aromatic amines is 1. The molecule has 4 fully saturated rings. The van der Waals surface area contributed by atoms with Crippen LogP contribution in [0.5, 0.6) is 23.0 Å². The number of sulfonamides is 1. The molecule has 3 aromatic carbocycles. The number of nitrogens with one attached hydrogen (secondary N) is 2. The molecule has 5 heterocycles. The van der Waals surface area contributed by atoms with Crippen molar-refractivity contribution in [3.63, 3.8) is 0 Å². The zero-order valence-electron chi connectivity index (χ0n) is 38.8. The molecule has 0 bridgehead atoms. The number of nitrogens with zero attached hydrogens (tertiary/aromatic N) is 4. The molecule has 2 aliphatic carbocycles. The zero-order valence-corrected chi connectivity index (χ0v) is 39.6. The number of nitro benzene ring substituents is 1. The fourth-order valence-corrected chi connectivity index (χ4v) is 12.3. The zero-order chi connectivity index (χ0) is 47.4. The number of hydrogen-bond acceptors (Lipinski definition) is 13. The Morgan fingerprint density at radius 3 is 2.57 bits per heavy atom. The molecule has 1 amide bonds. The SMILES string of the molecule is CC(C)c1ccccc1[C@@H]1COCCN1C1CC2(CCN(c3ccc(C(=O)NS(=O)(=O)c4cc5c(c([N+](=O)[O-])c4)O[C@H](C[C@H]4CC[C@](C)(O)CC4)CO5)c(Oc4cnc5[nH]ccc5c4)c3)CC2)C1. The number of H-pyrrole nitrogens is 1. The Labute approximate surface area is 396 Å². The van der Waals surface area contributed by atoms with Gasteiger partial charge >= 0.3 is 5.69 Å². The lowest BCUT2D eigenvalue weighted by atomic mass is 9.59. The number of anilines is 1. The highest BCUT2D eigenvalue weighted by Crippen LogP contribution is 2.53. The van der Waals surface area contributed by atoms with Crippen LogP contribution in [-0.4, -0.2) is 96.4 Å². The van der Waals surface area contributed by atoms with E-state index in [2.05, 4.69) is 62.6 Å². The van der Waals surface area contributed by atoms with Crippen molar-refractivity contribution in [1.82, 2.24) is 19.6 Å². The largest absolute Gasteiger partial charge is 0.486 e. The normalized spacial score (nSPS) is 24.2. The molecule has 2 atom stereocenters. The first-order valence-electron chi connectivity index (χ1n) is 24.0. The number of fused-ring (bicyclic) bond motifs is 2. The van der Waals surface area contributed by atoms with Crippen LogP contribution in [-0.2, 0) is 14.8 Å². The number of ether oxygens (including phenoxy) is 4. The quantitative estimate of drug-likeness (QED) is 0.0793. The van der Waals surface area contributed by atoms with Gasteiger partial charge in [0.05, 0.1) is 46.4 Å². The van der Waals surface area contributed by atoms with Crippen LogP contribution in [0.15, 0.2) is 84.0 Å². The number of benzene rings is 3. The van der Waals surface area contributed by atoms with E-state index in [1.165, 1.54) is 17.3 Å². The Bertz CT molecular complexity index is 2800. The van der Waals surface area contributed by atoms with Crippen LogP contribution >= 0.6 is 0 Å². The number of carbonyl (C=O) groups is 1. The second-order valence-electron chi connectivity index (χ2n) is 20.2. The van der Waals surface area contributed by atoms with Gasteiger partial charge in [0, 0.05) is 61.1 Å². The second kappa shape index (κ2) is 18.3. The minimum Gasteiger partial charge on any atom is -0.486 e. The van der Waals surface area contributed by atoms with E-state index in [0.29, 0.717) is 49.2 Å². The highest BCUT2D eigenvalue weighted by molar-refractivity contribution is 7.90. The van der Waals surface area contributed by atoms with E-state index in [4.69, 9.17) is 18.9 Å². The van der Waals surface area contributed by atoms with E-state index in [9.17, 15) is 28.4 Å². The number of morpholine rings is 1. The molecule has 2 saturated heterocycles. The van der Waals surface area contributed by atoms with Crippen LogP contribution in [0.25, 0.3) is 11.0 Å². The number of aliphatic hydroxyl groups is 1. The second-order valence-corrected chi connectivity index (χ2v) is 21.9. The lowest BCUT2D eigenvalue weighted by Crippen LogP contribution is -2.58. The van der Waals surface area contributed by atoms with E-state index in [0.717, 1.165) is 88.0 Å². The Kier molecular flexibility index (Phi) is 12.4. The van der Waals surface area contributed by atoms with Crippen LogP contribution in [0.4, 0.5) is 11.4 Å². The van der Waals surface area contributed by atoms with E-state index >= 15 is 0 Å². The number of aromatic nitrogens is 2. The van der Waals surface area contributed by atoms with Crippen LogP contribution in [0, 0.1) is 21.4 Å². The number of amides is 1. The summed E-state index contributed by atoms with van der Waals surface area (Å²) in [4.78, 5) is 37.7. The Hall–Kier alpha value is -5.75. The Morgan fingerprint density at radius 2 is 1.81 bits per heavy atom. The first-order valence-corrected chi connectivity index (χ1v) is 25.4. The molecule has 5 aromatic rings. The van der Waals surface area contributed by atoms with Gasteiger partial charge in [-0.3, -0.25) is 19.8 Å². The highest BCUT2D eigenvalue weighted by Gasteiger charge is 2.50. The summed E-state index contributed by atoms with van der Waals surface area (Å²) in [6.07, 6.45) is 10.6. The van der Waals surface area contributed by atoms with Crippen molar-refractivity contribution < 1.29 is 42.2 Å². The summed E-state index contributed by atoms with van der Waals surface area (Å²) in [5.41, 5.74) is 3.14. The van der Waals surface area contributed by atoms with Crippen molar-refractivity contribution >= 4 is 38.3 Å². The van der Waals surface area contributed by atoms with E-state index in [-0.39, 0.29) is 46.8 Å². The maximum absolute atomic E-state index is 14.1. The minimum atomic E-state index is -4.69. The average Bonchev–Trinajstić information content (AvgIpc) is 3.79. The van der Waals surface area contributed by atoms with Gasteiger partial charge in [0.2, 0.25) is 5.75 Å². The Balaban J connectivity index is 0.847. The fourth-order valence-electron chi connectivity index (χ4n) is 11.3. The molecule has 1 spiro atoms. The van der Waals surface area contributed by atoms with Crippen LogP contribution in [0.3, 0.4) is 0 Å². The van der Waals surface area contributed by atoms with Gasteiger partial charge in [-0.15, -0.1) is 0 Å². The molecular weight excluding hydrogens is 889 g/mol. The van der Waals surface area contributed by atoms with Gasteiger partial charge in [-0.25, -0.2) is 18.1 Å².